The zero-order valence-corrected chi connectivity index (χ0v) is 18.9. The van der Waals surface area contributed by atoms with Gasteiger partial charge < -0.3 is 19.9 Å². The summed E-state index contributed by atoms with van der Waals surface area (Å²) in [5.41, 5.74) is 1.95. The number of carbonyl (C=O) groups excluding carboxylic acids is 1. The maximum atomic E-state index is 12.2. The molecule has 3 aromatic rings. The zero-order valence-electron chi connectivity index (χ0n) is 18.9. The Morgan fingerprint density at radius 3 is 2.28 bits per heavy atom. The van der Waals surface area contributed by atoms with Crippen LogP contribution in [0.1, 0.15) is 55.0 Å². The summed E-state index contributed by atoms with van der Waals surface area (Å²) in [6.07, 6.45) is 0.489. The second-order valence-electron chi connectivity index (χ2n) is 8.34. The van der Waals surface area contributed by atoms with Gasteiger partial charge in [-0.15, -0.1) is 0 Å². The Hall–Kier alpha value is -3.61. The topological polar surface area (TPSA) is 93.6 Å². The predicted molar refractivity (Wildman–Crippen MR) is 123 cm³/mol. The van der Waals surface area contributed by atoms with E-state index in [1.165, 1.54) is 0 Å². The molecule has 1 aromatic heterocycles. The number of phenolic OH excluding ortho intramolecular Hbond substituents is 1. The van der Waals surface area contributed by atoms with E-state index in [9.17, 15) is 9.90 Å². The Bertz CT molecular complexity index is 1040. The van der Waals surface area contributed by atoms with Gasteiger partial charge in [-0.2, -0.15) is 4.98 Å². The van der Waals surface area contributed by atoms with Crippen molar-refractivity contribution in [1.29, 1.82) is 0 Å². The fourth-order valence-corrected chi connectivity index (χ4v) is 2.95. The maximum absolute atomic E-state index is 12.2. The van der Waals surface area contributed by atoms with Crippen LogP contribution < -0.4 is 10.1 Å². The molecule has 3 rings (SSSR count). The standard InChI is InChI=1S/C25H29N3O4/c1-5-31-23-15-21(26-16-18-8-12-20(29)13-9-18)27-22(28-23)14-17-6-10-19(11-7-17)24(30)32-25(2,3)4/h6-13,15,29H,5,14,16H2,1-4H3,(H,26,27,28). The number of rotatable bonds is 8. The smallest absolute Gasteiger partial charge is 0.338 e. The van der Waals surface area contributed by atoms with Crippen molar-refractivity contribution >= 4 is 11.8 Å². The molecule has 0 spiro atoms. The van der Waals surface area contributed by atoms with Crippen molar-refractivity contribution in [2.24, 2.45) is 0 Å². The minimum Gasteiger partial charge on any atom is -0.508 e. The molecule has 1 heterocycles. The molecule has 0 bridgehead atoms. The van der Waals surface area contributed by atoms with Gasteiger partial charge in [0.15, 0.2) is 0 Å². The van der Waals surface area contributed by atoms with Crippen LogP contribution in [0.3, 0.4) is 0 Å². The van der Waals surface area contributed by atoms with E-state index in [1.807, 2.05) is 52.0 Å². The quantitative estimate of drug-likeness (QED) is 0.494. The fourth-order valence-electron chi connectivity index (χ4n) is 2.95. The van der Waals surface area contributed by atoms with E-state index >= 15 is 0 Å². The van der Waals surface area contributed by atoms with Gasteiger partial charge in [0.1, 0.15) is 23.0 Å². The molecule has 168 valence electrons. The number of nitrogens with one attached hydrogen (secondary N) is 1. The van der Waals surface area contributed by atoms with E-state index in [2.05, 4.69) is 15.3 Å². The van der Waals surface area contributed by atoms with Gasteiger partial charge in [-0.3, -0.25) is 0 Å². The van der Waals surface area contributed by atoms with E-state index in [1.54, 1.807) is 30.3 Å². The number of aromatic nitrogens is 2. The van der Waals surface area contributed by atoms with Crippen LogP contribution >= 0.6 is 0 Å². The average Bonchev–Trinajstić information content (AvgIpc) is 2.73. The number of anilines is 1. The summed E-state index contributed by atoms with van der Waals surface area (Å²) in [5.74, 6) is 1.64. The number of hydrogen-bond donors (Lipinski definition) is 2. The molecule has 0 aliphatic rings. The summed E-state index contributed by atoms with van der Waals surface area (Å²) in [7, 11) is 0. The number of benzene rings is 2. The van der Waals surface area contributed by atoms with Gasteiger partial charge >= 0.3 is 5.97 Å². The molecule has 0 atom stereocenters. The highest BCUT2D eigenvalue weighted by molar-refractivity contribution is 5.89. The highest BCUT2D eigenvalue weighted by atomic mass is 16.6. The molecule has 0 saturated carbocycles. The first kappa shape index (κ1) is 23.1. The molecule has 0 fully saturated rings. The second kappa shape index (κ2) is 10.1. The molecule has 0 amide bonds. The summed E-state index contributed by atoms with van der Waals surface area (Å²) in [5, 5.41) is 12.7. The van der Waals surface area contributed by atoms with Crippen molar-refractivity contribution in [3.8, 4) is 11.6 Å². The average molecular weight is 436 g/mol. The van der Waals surface area contributed by atoms with Crippen LogP contribution in [0.15, 0.2) is 54.6 Å². The molecule has 32 heavy (non-hydrogen) atoms. The minimum atomic E-state index is -0.535. The first-order chi connectivity index (χ1) is 15.2. The van der Waals surface area contributed by atoms with E-state index in [0.717, 1.165) is 11.1 Å². The Kier molecular flexibility index (Phi) is 7.30. The molecule has 7 nitrogen and oxygen atoms in total. The lowest BCUT2D eigenvalue weighted by Gasteiger charge is -2.19. The first-order valence-electron chi connectivity index (χ1n) is 10.6. The largest absolute Gasteiger partial charge is 0.508 e. The van der Waals surface area contributed by atoms with Crippen LogP contribution in [0.2, 0.25) is 0 Å². The van der Waals surface area contributed by atoms with Gasteiger partial charge in [-0.1, -0.05) is 24.3 Å². The number of hydrogen-bond acceptors (Lipinski definition) is 7. The van der Waals surface area contributed by atoms with E-state index in [-0.39, 0.29) is 11.7 Å². The van der Waals surface area contributed by atoms with Crippen molar-refractivity contribution in [3.63, 3.8) is 0 Å². The Balaban J connectivity index is 1.72. The van der Waals surface area contributed by atoms with Crippen LogP contribution in [0.25, 0.3) is 0 Å². The van der Waals surface area contributed by atoms with Gasteiger partial charge in [0.2, 0.25) is 5.88 Å². The third-order valence-corrected chi connectivity index (χ3v) is 4.40. The normalized spacial score (nSPS) is 11.1. The molecule has 7 heteroatoms. The highest BCUT2D eigenvalue weighted by Gasteiger charge is 2.17. The number of ether oxygens (including phenoxy) is 2. The monoisotopic (exact) mass is 435 g/mol. The van der Waals surface area contributed by atoms with Crippen LogP contribution in [0, 0.1) is 0 Å². The van der Waals surface area contributed by atoms with E-state index in [4.69, 9.17) is 9.47 Å². The van der Waals surface area contributed by atoms with Gasteiger partial charge in [0.25, 0.3) is 0 Å². The molecular weight excluding hydrogens is 406 g/mol. The summed E-state index contributed by atoms with van der Waals surface area (Å²) < 4.78 is 11.0. The summed E-state index contributed by atoms with van der Waals surface area (Å²) >= 11 is 0. The van der Waals surface area contributed by atoms with Gasteiger partial charge in [0, 0.05) is 19.0 Å². The summed E-state index contributed by atoms with van der Waals surface area (Å²) in [4.78, 5) is 21.3. The Morgan fingerprint density at radius 1 is 1.00 bits per heavy atom. The molecule has 0 unspecified atom stereocenters. The van der Waals surface area contributed by atoms with Gasteiger partial charge in [-0.05, 0) is 63.1 Å². The number of aromatic hydroxyl groups is 1. The predicted octanol–water partition coefficient (Wildman–Crippen LogP) is 4.74. The van der Waals surface area contributed by atoms with Crippen molar-refractivity contribution in [2.45, 2.75) is 46.3 Å². The molecule has 0 saturated heterocycles. The van der Waals surface area contributed by atoms with E-state index < -0.39 is 5.60 Å². The Labute approximate surface area is 188 Å². The lowest BCUT2D eigenvalue weighted by atomic mass is 10.1. The Morgan fingerprint density at radius 2 is 1.66 bits per heavy atom. The molecule has 0 aliphatic carbocycles. The number of phenols is 1. The third kappa shape index (κ3) is 6.97. The van der Waals surface area contributed by atoms with Crippen molar-refractivity contribution < 1.29 is 19.4 Å². The number of carbonyl (C=O) groups is 1. The third-order valence-electron chi connectivity index (χ3n) is 4.40. The molecular formula is C25H29N3O4. The number of esters is 1. The van der Waals surface area contributed by atoms with Crippen molar-refractivity contribution in [2.75, 3.05) is 11.9 Å². The lowest BCUT2D eigenvalue weighted by Crippen LogP contribution is -2.23. The molecule has 2 aromatic carbocycles. The fraction of sp³-hybridized carbons (Fsp3) is 0.320. The zero-order chi connectivity index (χ0) is 23.1. The second-order valence-corrected chi connectivity index (χ2v) is 8.34. The van der Waals surface area contributed by atoms with Crippen LogP contribution in [0.4, 0.5) is 5.82 Å². The van der Waals surface area contributed by atoms with Crippen LogP contribution in [-0.4, -0.2) is 33.3 Å². The first-order valence-corrected chi connectivity index (χ1v) is 10.6. The van der Waals surface area contributed by atoms with Gasteiger partial charge in [-0.25, -0.2) is 9.78 Å². The summed E-state index contributed by atoms with van der Waals surface area (Å²) in [6.45, 7) is 8.48. The summed E-state index contributed by atoms with van der Waals surface area (Å²) in [6, 6.07) is 16.0. The molecule has 0 radical (unpaired) electrons. The van der Waals surface area contributed by atoms with E-state index in [0.29, 0.717) is 42.7 Å². The lowest BCUT2D eigenvalue weighted by molar-refractivity contribution is 0.00695. The SMILES string of the molecule is CCOc1cc(NCc2ccc(O)cc2)nc(Cc2ccc(C(=O)OC(C)(C)C)cc2)n1. The number of nitrogens with zero attached hydrogens (tertiary/aromatic N) is 2. The van der Waals surface area contributed by atoms with Crippen molar-refractivity contribution in [1.82, 2.24) is 9.97 Å². The van der Waals surface area contributed by atoms with Crippen LogP contribution in [-0.2, 0) is 17.7 Å². The minimum absolute atomic E-state index is 0.231. The maximum Gasteiger partial charge on any atom is 0.338 e. The van der Waals surface area contributed by atoms with Gasteiger partial charge in [0.05, 0.1) is 12.2 Å². The highest BCUT2D eigenvalue weighted by Crippen LogP contribution is 2.19. The molecule has 2 N–H and O–H groups in total. The molecule has 0 aliphatic heterocycles. The van der Waals surface area contributed by atoms with Crippen LogP contribution in [0.5, 0.6) is 11.6 Å². The van der Waals surface area contributed by atoms with Crippen molar-refractivity contribution in [3.05, 3.63) is 77.1 Å².